The van der Waals surface area contributed by atoms with Gasteiger partial charge in [0, 0.05) is 12.3 Å². The lowest BCUT2D eigenvalue weighted by atomic mass is 10.3. The molecule has 1 heterocycles. The van der Waals surface area contributed by atoms with Gasteiger partial charge < -0.3 is 4.74 Å². The average Bonchev–Trinajstić information content (AvgIpc) is 1.93. The molecule has 0 aliphatic carbocycles. The van der Waals surface area contributed by atoms with Crippen molar-refractivity contribution in [2.75, 3.05) is 0 Å². The van der Waals surface area contributed by atoms with Crippen LogP contribution < -0.4 is 4.74 Å². The molecule has 4 heteroatoms. The monoisotopic (exact) mass is 158 g/mol. The number of pyridine rings is 1. The van der Waals surface area contributed by atoms with Gasteiger partial charge >= 0.3 is 6.61 Å². The summed E-state index contributed by atoms with van der Waals surface area (Å²) in [6.07, 6.45) is 1.36. The topological polar surface area (TPSA) is 22.1 Å². The molecule has 0 unspecified atom stereocenters. The van der Waals surface area contributed by atoms with E-state index in [9.17, 15) is 8.78 Å². The summed E-state index contributed by atoms with van der Waals surface area (Å²) in [6, 6.07) is 2.89. The van der Waals surface area contributed by atoms with Crippen LogP contribution in [0.4, 0.5) is 8.78 Å². The van der Waals surface area contributed by atoms with Crippen LogP contribution in [0.5, 0.6) is 5.88 Å². The van der Waals surface area contributed by atoms with E-state index in [1.165, 1.54) is 12.3 Å². The Bertz CT molecular complexity index is 222. The fourth-order valence-corrected chi connectivity index (χ4v) is 0.572. The first-order chi connectivity index (χ1) is 5.18. The number of aromatic nitrogens is 1. The lowest BCUT2D eigenvalue weighted by Gasteiger charge is -2.01. The maximum absolute atomic E-state index is 11.5. The predicted molar refractivity (Wildman–Crippen MR) is 35.3 cm³/mol. The van der Waals surface area contributed by atoms with Gasteiger partial charge in [0.1, 0.15) is 0 Å². The molecule has 0 fully saturated rings. The molecule has 0 N–H and O–H groups in total. The van der Waals surface area contributed by atoms with E-state index in [2.05, 4.69) is 16.6 Å². The van der Waals surface area contributed by atoms with E-state index in [4.69, 9.17) is 0 Å². The molecule has 11 heavy (non-hydrogen) atoms. The standard InChI is InChI=1S/C7H6F2NO/c1-5-2-3-6(10-4-5)11-7(8)9/h2-4,7H,1H2. The predicted octanol–water partition coefficient (Wildman–Crippen LogP) is 1.87. The number of hydrogen-bond donors (Lipinski definition) is 0. The van der Waals surface area contributed by atoms with Gasteiger partial charge in [-0.15, -0.1) is 0 Å². The SMILES string of the molecule is [CH2]c1ccc(OC(F)F)nc1. The molecule has 1 rings (SSSR count). The molecule has 0 atom stereocenters. The average molecular weight is 158 g/mol. The van der Waals surface area contributed by atoms with E-state index in [0.29, 0.717) is 5.56 Å². The first kappa shape index (κ1) is 7.91. The molecule has 0 spiro atoms. The van der Waals surface area contributed by atoms with Crippen molar-refractivity contribution in [3.05, 3.63) is 30.8 Å². The fraction of sp³-hybridized carbons (Fsp3) is 0.143. The fourth-order valence-electron chi connectivity index (χ4n) is 0.572. The second kappa shape index (κ2) is 3.27. The van der Waals surface area contributed by atoms with Crippen LogP contribution in [0.3, 0.4) is 0 Å². The van der Waals surface area contributed by atoms with Crippen molar-refractivity contribution in [2.45, 2.75) is 6.61 Å². The minimum Gasteiger partial charge on any atom is -0.417 e. The summed E-state index contributed by atoms with van der Waals surface area (Å²) < 4.78 is 27.1. The van der Waals surface area contributed by atoms with Crippen molar-refractivity contribution >= 4 is 0 Å². The van der Waals surface area contributed by atoms with Gasteiger partial charge in [0.25, 0.3) is 0 Å². The number of nitrogens with zero attached hydrogens (tertiary/aromatic N) is 1. The molecule has 1 aromatic heterocycles. The molecule has 0 saturated carbocycles. The van der Waals surface area contributed by atoms with Gasteiger partial charge in [-0.2, -0.15) is 8.78 Å². The molecule has 59 valence electrons. The van der Waals surface area contributed by atoms with E-state index < -0.39 is 6.61 Å². The number of rotatable bonds is 2. The molecular formula is C7H6F2NO. The van der Waals surface area contributed by atoms with Gasteiger partial charge in [-0.3, -0.25) is 0 Å². The smallest absolute Gasteiger partial charge is 0.388 e. The van der Waals surface area contributed by atoms with Gasteiger partial charge in [-0.05, 0) is 12.5 Å². The van der Waals surface area contributed by atoms with Gasteiger partial charge in [0.2, 0.25) is 5.88 Å². The summed E-state index contributed by atoms with van der Waals surface area (Å²) in [7, 11) is 0. The van der Waals surface area contributed by atoms with Gasteiger partial charge in [0.05, 0.1) is 0 Å². The number of halogens is 2. The van der Waals surface area contributed by atoms with Crippen molar-refractivity contribution in [1.29, 1.82) is 0 Å². The maximum atomic E-state index is 11.5. The van der Waals surface area contributed by atoms with Crippen LogP contribution in [0.25, 0.3) is 0 Å². The van der Waals surface area contributed by atoms with E-state index >= 15 is 0 Å². The minimum atomic E-state index is -2.82. The summed E-state index contributed by atoms with van der Waals surface area (Å²) >= 11 is 0. The number of hydrogen-bond acceptors (Lipinski definition) is 2. The second-order valence-corrected chi connectivity index (χ2v) is 1.88. The van der Waals surface area contributed by atoms with Crippen molar-refractivity contribution in [2.24, 2.45) is 0 Å². The Morgan fingerprint density at radius 2 is 2.18 bits per heavy atom. The lowest BCUT2D eigenvalue weighted by Crippen LogP contribution is -2.03. The van der Waals surface area contributed by atoms with Crippen LogP contribution in [0.2, 0.25) is 0 Å². The summed E-state index contributed by atoms with van der Waals surface area (Å²) in [5, 5.41) is 0. The first-order valence-corrected chi connectivity index (χ1v) is 2.91. The van der Waals surface area contributed by atoms with E-state index in [-0.39, 0.29) is 5.88 Å². The Morgan fingerprint density at radius 1 is 1.45 bits per heavy atom. The maximum Gasteiger partial charge on any atom is 0.388 e. The molecule has 0 aliphatic rings. The molecule has 0 aliphatic heterocycles. The van der Waals surface area contributed by atoms with Gasteiger partial charge in [-0.1, -0.05) is 6.07 Å². The molecular weight excluding hydrogens is 152 g/mol. The molecule has 0 aromatic carbocycles. The molecule has 1 radical (unpaired) electrons. The third kappa shape index (κ3) is 2.49. The molecule has 0 bridgehead atoms. The summed E-state index contributed by atoms with van der Waals surface area (Å²) in [5.41, 5.74) is 0.659. The Kier molecular flexibility index (Phi) is 2.36. The van der Waals surface area contributed by atoms with Gasteiger partial charge in [0.15, 0.2) is 0 Å². The highest BCUT2D eigenvalue weighted by Gasteiger charge is 2.03. The van der Waals surface area contributed by atoms with E-state index in [0.717, 1.165) is 0 Å². The Labute approximate surface area is 62.8 Å². The van der Waals surface area contributed by atoms with Crippen molar-refractivity contribution in [3.63, 3.8) is 0 Å². The highest BCUT2D eigenvalue weighted by atomic mass is 19.3. The summed E-state index contributed by atoms with van der Waals surface area (Å²) in [5.74, 6) is -0.0904. The van der Waals surface area contributed by atoms with Crippen molar-refractivity contribution < 1.29 is 13.5 Å². The van der Waals surface area contributed by atoms with Gasteiger partial charge in [-0.25, -0.2) is 4.98 Å². The molecule has 1 aromatic rings. The van der Waals surface area contributed by atoms with Crippen LogP contribution in [0.1, 0.15) is 5.56 Å². The number of alkyl halides is 2. The molecule has 0 amide bonds. The zero-order chi connectivity index (χ0) is 8.27. The number of ether oxygens (including phenoxy) is 1. The third-order valence-corrected chi connectivity index (χ3v) is 1.01. The van der Waals surface area contributed by atoms with Crippen molar-refractivity contribution in [1.82, 2.24) is 4.98 Å². The van der Waals surface area contributed by atoms with E-state index in [1.807, 2.05) is 0 Å². The minimum absolute atomic E-state index is 0.0904. The van der Waals surface area contributed by atoms with Crippen LogP contribution in [0.15, 0.2) is 18.3 Å². The Balaban J connectivity index is 2.66. The Morgan fingerprint density at radius 3 is 2.64 bits per heavy atom. The van der Waals surface area contributed by atoms with Crippen LogP contribution in [-0.2, 0) is 0 Å². The molecule has 0 saturated heterocycles. The highest BCUT2D eigenvalue weighted by molar-refractivity contribution is 5.19. The summed E-state index contributed by atoms with van der Waals surface area (Å²) in [4.78, 5) is 3.55. The summed E-state index contributed by atoms with van der Waals surface area (Å²) in [6.45, 7) is 0.714. The van der Waals surface area contributed by atoms with E-state index in [1.54, 1.807) is 6.07 Å². The second-order valence-electron chi connectivity index (χ2n) is 1.88. The highest BCUT2D eigenvalue weighted by Crippen LogP contribution is 2.09. The third-order valence-electron chi connectivity index (χ3n) is 1.01. The lowest BCUT2D eigenvalue weighted by molar-refractivity contribution is -0.0528. The zero-order valence-corrected chi connectivity index (χ0v) is 5.63. The van der Waals surface area contributed by atoms with Crippen LogP contribution in [-0.4, -0.2) is 11.6 Å². The zero-order valence-electron chi connectivity index (χ0n) is 5.63. The molecule has 2 nitrogen and oxygen atoms in total. The van der Waals surface area contributed by atoms with Crippen molar-refractivity contribution in [3.8, 4) is 5.88 Å². The quantitative estimate of drug-likeness (QED) is 0.655. The first-order valence-electron chi connectivity index (χ1n) is 2.91. The normalized spacial score (nSPS) is 10.2. The largest absolute Gasteiger partial charge is 0.417 e. The Hall–Kier alpha value is -1.19. The van der Waals surface area contributed by atoms with Crippen LogP contribution >= 0.6 is 0 Å². The van der Waals surface area contributed by atoms with Crippen LogP contribution in [0, 0.1) is 6.92 Å².